The van der Waals surface area contributed by atoms with Gasteiger partial charge in [0.15, 0.2) is 5.75 Å². The van der Waals surface area contributed by atoms with E-state index in [0.29, 0.717) is 5.75 Å². The lowest BCUT2D eigenvalue weighted by Crippen LogP contribution is -1.96. The highest BCUT2D eigenvalue weighted by Gasteiger charge is 2.01. The summed E-state index contributed by atoms with van der Waals surface area (Å²) in [6.07, 6.45) is 1.46. The Morgan fingerprint density at radius 1 is 1.36 bits per heavy atom. The van der Waals surface area contributed by atoms with Crippen LogP contribution in [0.1, 0.15) is 0 Å². The van der Waals surface area contributed by atoms with E-state index in [9.17, 15) is 4.79 Å². The number of pyridine rings is 1. The fraction of sp³-hybridized carbons (Fsp3) is 0. The lowest BCUT2D eigenvalue weighted by atomic mass is 10.2. The SMILES string of the molecule is O=C(Cl)Oc1cnc2ccccc2c1. The summed E-state index contributed by atoms with van der Waals surface area (Å²) in [6.45, 7) is 0. The van der Waals surface area contributed by atoms with Crippen molar-refractivity contribution in [2.45, 2.75) is 0 Å². The normalized spacial score (nSPS) is 10.1. The van der Waals surface area contributed by atoms with Crippen molar-refractivity contribution >= 4 is 27.9 Å². The van der Waals surface area contributed by atoms with Gasteiger partial charge in [-0.1, -0.05) is 18.2 Å². The van der Waals surface area contributed by atoms with Gasteiger partial charge >= 0.3 is 5.43 Å². The van der Waals surface area contributed by atoms with Gasteiger partial charge in [0.2, 0.25) is 0 Å². The Morgan fingerprint density at radius 2 is 2.14 bits per heavy atom. The Balaban J connectivity index is 2.46. The van der Waals surface area contributed by atoms with Gasteiger partial charge in [0.25, 0.3) is 0 Å². The maximum absolute atomic E-state index is 10.5. The predicted octanol–water partition coefficient (Wildman–Crippen LogP) is 2.97. The zero-order chi connectivity index (χ0) is 9.97. The summed E-state index contributed by atoms with van der Waals surface area (Å²) >= 11 is 5.07. The van der Waals surface area contributed by atoms with Gasteiger partial charge in [-0.3, -0.25) is 4.98 Å². The monoisotopic (exact) mass is 207 g/mol. The molecule has 0 unspecified atom stereocenters. The van der Waals surface area contributed by atoms with Crippen LogP contribution in [0.4, 0.5) is 4.79 Å². The largest absolute Gasteiger partial charge is 0.413 e. The maximum Gasteiger partial charge on any atom is 0.409 e. The molecule has 0 bridgehead atoms. The van der Waals surface area contributed by atoms with E-state index in [2.05, 4.69) is 9.72 Å². The number of hydrogen-bond donors (Lipinski definition) is 0. The molecule has 0 N–H and O–H groups in total. The van der Waals surface area contributed by atoms with Gasteiger partial charge in [0, 0.05) is 17.0 Å². The van der Waals surface area contributed by atoms with E-state index >= 15 is 0 Å². The van der Waals surface area contributed by atoms with E-state index in [1.54, 1.807) is 6.07 Å². The quantitative estimate of drug-likeness (QED) is 0.675. The van der Waals surface area contributed by atoms with Gasteiger partial charge in [0.1, 0.15) is 0 Å². The van der Waals surface area contributed by atoms with Crippen LogP contribution in [-0.2, 0) is 0 Å². The number of nitrogens with zero attached hydrogens (tertiary/aromatic N) is 1. The topological polar surface area (TPSA) is 39.2 Å². The van der Waals surface area contributed by atoms with Crippen LogP contribution in [0.15, 0.2) is 36.5 Å². The molecule has 1 heterocycles. The number of halogens is 1. The Bertz CT molecular complexity index is 484. The number of rotatable bonds is 1. The van der Waals surface area contributed by atoms with E-state index in [1.807, 2.05) is 24.3 Å². The van der Waals surface area contributed by atoms with Crippen LogP contribution >= 0.6 is 11.6 Å². The summed E-state index contributed by atoms with van der Waals surface area (Å²) in [5.41, 5.74) is -0.0102. The number of hydrogen-bond acceptors (Lipinski definition) is 3. The van der Waals surface area contributed by atoms with E-state index < -0.39 is 5.43 Å². The highest BCUT2D eigenvalue weighted by atomic mass is 35.5. The summed E-state index contributed by atoms with van der Waals surface area (Å²) in [4.78, 5) is 14.6. The van der Waals surface area contributed by atoms with Gasteiger partial charge in [-0.15, -0.1) is 0 Å². The molecule has 0 saturated carbocycles. The van der Waals surface area contributed by atoms with Gasteiger partial charge in [-0.2, -0.15) is 0 Å². The van der Waals surface area contributed by atoms with Crippen molar-refractivity contribution in [2.75, 3.05) is 0 Å². The first kappa shape index (κ1) is 8.97. The fourth-order valence-electron chi connectivity index (χ4n) is 1.20. The molecule has 0 saturated heterocycles. The zero-order valence-electron chi connectivity index (χ0n) is 7.11. The Labute approximate surface area is 85.3 Å². The van der Waals surface area contributed by atoms with Gasteiger partial charge in [0.05, 0.1) is 11.7 Å². The lowest BCUT2D eigenvalue weighted by molar-refractivity contribution is 0.225. The molecule has 0 atom stereocenters. The molecule has 2 rings (SSSR count). The molecule has 0 fully saturated rings. The Morgan fingerprint density at radius 3 is 2.93 bits per heavy atom. The van der Waals surface area contributed by atoms with Crippen molar-refractivity contribution < 1.29 is 9.53 Å². The van der Waals surface area contributed by atoms with Crippen molar-refractivity contribution in [1.82, 2.24) is 4.98 Å². The van der Waals surface area contributed by atoms with Crippen LogP contribution in [0.3, 0.4) is 0 Å². The molecule has 0 aliphatic carbocycles. The molecular formula is C10H6ClNO2. The molecule has 1 aromatic heterocycles. The zero-order valence-corrected chi connectivity index (χ0v) is 7.86. The third-order valence-corrected chi connectivity index (χ3v) is 1.84. The van der Waals surface area contributed by atoms with Crippen LogP contribution in [0.2, 0.25) is 0 Å². The Kier molecular flexibility index (Phi) is 2.33. The maximum atomic E-state index is 10.5. The standard InChI is InChI=1S/C10H6ClNO2/c11-10(13)14-8-5-7-3-1-2-4-9(7)12-6-8/h1-6H. The van der Waals surface area contributed by atoms with E-state index in [-0.39, 0.29) is 0 Å². The molecule has 2 aromatic rings. The summed E-state index contributed by atoms with van der Waals surface area (Å²) in [7, 11) is 0. The summed E-state index contributed by atoms with van der Waals surface area (Å²) in [6, 6.07) is 9.25. The van der Waals surface area contributed by atoms with E-state index in [4.69, 9.17) is 11.6 Å². The molecule has 0 aliphatic rings. The minimum atomic E-state index is -0.859. The van der Waals surface area contributed by atoms with Crippen LogP contribution in [0, 0.1) is 0 Å². The highest BCUT2D eigenvalue weighted by Crippen LogP contribution is 2.18. The third-order valence-electron chi connectivity index (χ3n) is 1.76. The number of benzene rings is 1. The van der Waals surface area contributed by atoms with Crippen LogP contribution in [0.5, 0.6) is 5.75 Å². The number of carbonyl (C=O) groups excluding carboxylic acids is 1. The van der Waals surface area contributed by atoms with Crippen molar-refractivity contribution in [1.29, 1.82) is 0 Å². The molecule has 14 heavy (non-hydrogen) atoms. The van der Waals surface area contributed by atoms with Crippen molar-refractivity contribution in [3.8, 4) is 5.75 Å². The number of fused-ring (bicyclic) bond motifs is 1. The van der Waals surface area contributed by atoms with Crippen molar-refractivity contribution in [2.24, 2.45) is 0 Å². The molecular weight excluding hydrogens is 202 g/mol. The molecule has 4 heteroatoms. The third kappa shape index (κ3) is 1.83. The number of ether oxygens (including phenoxy) is 1. The highest BCUT2D eigenvalue weighted by molar-refractivity contribution is 6.61. The van der Waals surface area contributed by atoms with E-state index in [1.165, 1.54) is 6.20 Å². The molecule has 1 aromatic carbocycles. The van der Waals surface area contributed by atoms with Crippen LogP contribution < -0.4 is 4.74 Å². The van der Waals surface area contributed by atoms with Crippen molar-refractivity contribution in [3.63, 3.8) is 0 Å². The summed E-state index contributed by atoms with van der Waals surface area (Å²) in [5.74, 6) is 0.351. The minimum absolute atomic E-state index is 0.351. The van der Waals surface area contributed by atoms with Crippen LogP contribution in [0.25, 0.3) is 10.9 Å². The first-order chi connectivity index (χ1) is 6.75. The molecule has 0 amide bonds. The molecule has 0 aliphatic heterocycles. The van der Waals surface area contributed by atoms with Gasteiger partial charge in [-0.25, -0.2) is 4.79 Å². The van der Waals surface area contributed by atoms with Crippen molar-refractivity contribution in [3.05, 3.63) is 36.5 Å². The second-order valence-corrected chi connectivity index (χ2v) is 3.01. The molecule has 3 nitrogen and oxygen atoms in total. The fourth-order valence-corrected chi connectivity index (χ4v) is 1.29. The lowest BCUT2D eigenvalue weighted by Gasteiger charge is -2.00. The molecule has 70 valence electrons. The number of para-hydroxylation sites is 1. The number of aromatic nitrogens is 1. The second-order valence-electron chi connectivity index (χ2n) is 2.70. The first-order valence-electron chi connectivity index (χ1n) is 3.98. The average molecular weight is 208 g/mol. The van der Waals surface area contributed by atoms with E-state index in [0.717, 1.165) is 10.9 Å². The summed E-state index contributed by atoms with van der Waals surface area (Å²) < 4.78 is 4.69. The number of carbonyl (C=O) groups is 1. The first-order valence-corrected chi connectivity index (χ1v) is 4.35. The molecule has 0 spiro atoms. The second kappa shape index (κ2) is 3.64. The minimum Gasteiger partial charge on any atom is -0.413 e. The Hall–Kier alpha value is -1.61. The van der Waals surface area contributed by atoms with Crippen LogP contribution in [-0.4, -0.2) is 10.4 Å². The summed E-state index contributed by atoms with van der Waals surface area (Å²) in [5, 5.41) is 0.905. The van der Waals surface area contributed by atoms with Gasteiger partial charge < -0.3 is 4.74 Å². The smallest absolute Gasteiger partial charge is 0.409 e. The molecule has 0 radical (unpaired) electrons. The predicted molar refractivity (Wildman–Crippen MR) is 53.6 cm³/mol. The average Bonchev–Trinajstić information content (AvgIpc) is 2.17. The van der Waals surface area contributed by atoms with Gasteiger partial charge in [-0.05, 0) is 12.1 Å².